The van der Waals surface area contributed by atoms with E-state index < -0.39 is 29.0 Å². The molecule has 3 rings (SSSR count). The second kappa shape index (κ2) is 10.1. The number of carbonyl (C=O) groups excluding carboxylic acids is 1. The van der Waals surface area contributed by atoms with Crippen LogP contribution in [0.5, 0.6) is 0 Å². The van der Waals surface area contributed by atoms with Gasteiger partial charge in [-0.15, -0.1) is 11.3 Å². The van der Waals surface area contributed by atoms with Gasteiger partial charge in [-0.2, -0.15) is 18.3 Å². The van der Waals surface area contributed by atoms with Crippen LogP contribution in [0.3, 0.4) is 0 Å². The lowest BCUT2D eigenvalue weighted by atomic mass is 10.2. The van der Waals surface area contributed by atoms with Crippen molar-refractivity contribution >= 4 is 34.7 Å². The number of thiazole rings is 1. The number of pyridine rings is 1. The van der Waals surface area contributed by atoms with Crippen molar-refractivity contribution in [2.75, 3.05) is 5.32 Å². The number of rotatable bonds is 8. The molecule has 0 aliphatic carbocycles. The van der Waals surface area contributed by atoms with Crippen molar-refractivity contribution in [3.05, 3.63) is 56.4 Å². The first-order valence-electron chi connectivity index (χ1n) is 9.97. The predicted molar refractivity (Wildman–Crippen MR) is 118 cm³/mol. The van der Waals surface area contributed by atoms with Gasteiger partial charge >= 0.3 is 6.18 Å². The Bertz CT molecular complexity index is 1130. The third kappa shape index (κ3) is 5.81. The van der Waals surface area contributed by atoms with E-state index in [2.05, 4.69) is 25.7 Å². The van der Waals surface area contributed by atoms with Crippen molar-refractivity contribution in [1.29, 1.82) is 0 Å². The van der Waals surface area contributed by atoms with Gasteiger partial charge in [0.2, 0.25) is 0 Å². The van der Waals surface area contributed by atoms with E-state index in [0.29, 0.717) is 22.0 Å². The molecule has 0 saturated heterocycles. The number of nitrogens with zero attached hydrogens (tertiary/aromatic N) is 4. The highest BCUT2D eigenvalue weighted by Crippen LogP contribution is 2.36. The van der Waals surface area contributed by atoms with Crippen LogP contribution >= 0.6 is 22.9 Å². The molecule has 2 unspecified atom stereocenters. The van der Waals surface area contributed by atoms with Crippen LogP contribution in [0.15, 0.2) is 24.7 Å². The lowest BCUT2D eigenvalue weighted by molar-refractivity contribution is -0.137. The van der Waals surface area contributed by atoms with Gasteiger partial charge in [-0.25, -0.2) is 9.97 Å². The van der Waals surface area contributed by atoms with Crippen LogP contribution in [0, 0.1) is 6.92 Å². The number of aliphatic hydroxyl groups is 1. The smallest absolute Gasteiger partial charge is 0.369 e. The van der Waals surface area contributed by atoms with Gasteiger partial charge in [0.1, 0.15) is 10.8 Å². The molecule has 13 heteroatoms. The number of aryl methyl sites for hydroxylation is 1. The summed E-state index contributed by atoms with van der Waals surface area (Å²) in [6.45, 7) is 6.29. The van der Waals surface area contributed by atoms with E-state index >= 15 is 0 Å². The number of alkyl halides is 3. The minimum atomic E-state index is -4.65. The summed E-state index contributed by atoms with van der Waals surface area (Å²) < 4.78 is 40.8. The number of hydrogen-bond acceptors (Lipinski definition) is 7. The zero-order valence-electron chi connectivity index (χ0n) is 17.9. The molecule has 0 spiro atoms. The Morgan fingerprint density at radius 2 is 2.03 bits per heavy atom. The first kappa shape index (κ1) is 24.9. The minimum absolute atomic E-state index is 0.199. The van der Waals surface area contributed by atoms with Crippen molar-refractivity contribution in [3.63, 3.8) is 0 Å². The number of aliphatic hydroxyl groups excluding tert-OH is 1. The van der Waals surface area contributed by atoms with Crippen LogP contribution in [-0.2, 0) is 12.7 Å². The van der Waals surface area contributed by atoms with E-state index in [0.717, 1.165) is 35.7 Å². The van der Waals surface area contributed by atoms with E-state index in [9.17, 15) is 23.1 Å². The van der Waals surface area contributed by atoms with E-state index in [1.165, 1.54) is 12.4 Å². The lowest BCUT2D eigenvalue weighted by Gasteiger charge is -2.14. The Morgan fingerprint density at radius 3 is 2.70 bits per heavy atom. The predicted octanol–water partition coefficient (Wildman–Crippen LogP) is 4.72. The van der Waals surface area contributed by atoms with Gasteiger partial charge < -0.3 is 15.7 Å². The molecule has 8 nitrogen and oxygen atoms in total. The molecule has 3 N–H and O–H groups in total. The fourth-order valence-electron chi connectivity index (χ4n) is 3.02. The summed E-state index contributed by atoms with van der Waals surface area (Å²) in [5, 5.41) is 19.9. The maximum Gasteiger partial charge on any atom is 0.418 e. The molecular weight excluding hydrogens is 481 g/mol. The summed E-state index contributed by atoms with van der Waals surface area (Å²) in [6, 6.07) is 0.250. The third-order valence-electron chi connectivity index (χ3n) is 4.76. The highest BCUT2D eigenvalue weighted by atomic mass is 35.5. The van der Waals surface area contributed by atoms with E-state index in [1.54, 1.807) is 11.6 Å². The Hall–Kier alpha value is -2.70. The minimum Gasteiger partial charge on any atom is -0.369 e. The number of halogens is 4. The van der Waals surface area contributed by atoms with E-state index in [-0.39, 0.29) is 11.7 Å². The first-order chi connectivity index (χ1) is 15.5. The van der Waals surface area contributed by atoms with Crippen LogP contribution in [0.2, 0.25) is 5.02 Å². The molecular formula is C20H22ClF3N6O2S. The molecule has 0 radical (unpaired) electrons. The van der Waals surface area contributed by atoms with Crippen molar-refractivity contribution < 1.29 is 23.1 Å². The molecule has 0 bridgehead atoms. The maximum atomic E-state index is 13.0. The summed E-state index contributed by atoms with van der Waals surface area (Å²) in [4.78, 5) is 21.0. The number of aromatic nitrogens is 4. The lowest BCUT2D eigenvalue weighted by Crippen LogP contribution is -2.27. The SMILES string of the molecule is CCCn1ncc(C(=O)NC(C)c2ncc(C(O)Nc3cc(C(F)(F)F)c(Cl)cn3)s2)c1C. The van der Waals surface area contributed by atoms with E-state index in [1.807, 2.05) is 13.8 Å². The second-order valence-electron chi connectivity index (χ2n) is 7.26. The van der Waals surface area contributed by atoms with Gasteiger partial charge in [-0.3, -0.25) is 9.48 Å². The molecule has 2 atom stereocenters. The Kier molecular flexibility index (Phi) is 7.60. The second-order valence-corrected chi connectivity index (χ2v) is 8.76. The summed E-state index contributed by atoms with van der Waals surface area (Å²) in [5.41, 5.74) is 0.158. The maximum absolute atomic E-state index is 13.0. The molecule has 0 aromatic carbocycles. The van der Waals surface area contributed by atoms with Gasteiger partial charge in [-0.1, -0.05) is 18.5 Å². The molecule has 3 heterocycles. The summed E-state index contributed by atoms with van der Waals surface area (Å²) >= 11 is 6.67. The van der Waals surface area contributed by atoms with Gasteiger partial charge in [-0.05, 0) is 26.3 Å². The topological polar surface area (TPSA) is 105 Å². The molecule has 0 aliphatic rings. The first-order valence-corrected chi connectivity index (χ1v) is 11.2. The Balaban J connectivity index is 1.67. The highest BCUT2D eigenvalue weighted by Gasteiger charge is 2.34. The number of amides is 1. The number of anilines is 1. The normalized spacial score (nSPS) is 13.6. The van der Waals surface area contributed by atoms with Gasteiger partial charge in [0.25, 0.3) is 5.91 Å². The zero-order valence-corrected chi connectivity index (χ0v) is 19.5. The summed E-state index contributed by atoms with van der Waals surface area (Å²) in [5.74, 6) is -0.502. The van der Waals surface area contributed by atoms with E-state index in [4.69, 9.17) is 11.6 Å². The van der Waals surface area contributed by atoms with Crippen molar-refractivity contribution in [2.45, 2.75) is 52.2 Å². The number of nitrogens with one attached hydrogen (secondary N) is 2. The molecule has 0 aliphatic heterocycles. The van der Waals surface area contributed by atoms with Crippen molar-refractivity contribution in [2.24, 2.45) is 0 Å². The van der Waals surface area contributed by atoms with Crippen LogP contribution in [0.4, 0.5) is 19.0 Å². The quantitative estimate of drug-likeness (QED) is 0.385. The largest absolute Gasteiger partial charge is 0.418 e. The Morgan fingerprint density at radius 1 is 1.30 bits per heavy atom. The molecule has 178 valence electrons. The molecule has 0 fully saturated rings. The van der Waals surface area contributed by atoms with Crippen LogP contribution in [-0.4, -0.2) is 30.8 Å². The average Bonchev–Trinajstić information content (AvgIpc) is 3.37. The van der Waals surface area contributed by atoms with Crippen LogP contribution < -0.4 is 10.6 Å². The standard InChI is InChI=1S/C20H22ClF3N6O2S/c1-4-5-30-11(3)12(7-27-30)17(31)28-10(2)19-26-9-15(33-19)18(32)29-16-6-13(20(22,23)24)14(21)8-25-16/h6-10,18,32H,4-5H2,1-3H3,(H,25,29)(H,28,31). The van der Waals surface area contributed by atoms with Crippen molar-refractivity contribution in [1.82, 2.24) is 25.1 Å². The van der Waals surface area contributed by atoms with Gasteiger partial charge in [0.15, 0.2) is 6.23 Å². The van der Waals surface area contributed by atoms with Crippen LogP contribution in [0.1, 0.15) is 64.0 Å². The molecule has 1 amide bonds. The molecule has 0 saturated carbocycles. The van der Waals surface area contributed by atoms with Crippen LogP contribution in [0.25, 0.3) is 0 Å². The zero-order chi connectivity index (χ0) is 24.3. The summed E-state index contributed by atoms with van der Waals surface area (Å²) in [7, 11) is 0. The summed E-state index contributed by atoms with van der Waals surface area (Å²) in [6.07, 6.45) is -1.36. The van der Waals surface area contributed by atoms with Gasteiger partial charge in [0.05, 0.1) is 33.3 Å². The molecule has 3 aromatic heterocycles. The monoisotopic (exact) mass is 502 g/mol. The fraction of sp³-hybridized carbons (Fsp3) is 0.400. The third-order valence-corrected chi connectivity index (χ3v) is 6.29. The average molecular weight is 503 g/mol. The highest BCUT2D eigenvalue weighted by molar-refractivity contribution is 7.11. The van der Waals surface area contributed by atoms with Gasteiger partial charge in [0, 0.05) is 24.6 Å². The van der Waals surface area contributed by atoms with Crippen molar-refractivity contribution in [3.8, 4) is 0 Å². The molecule has 3 aromatic rings. The Labute approximate surface area is 196 Å². The number of carbonyl (C=O) groups is 1. The number of hydrogen-bond donors (Lipinski definition) is 3. The fourth-order valence-corrected chi connectivity index (χ4v) is 4.09. The molecule has 33 heavy (non-hydrogen) atoms.